The Kier molecular flexibility index (Phi) is 6.68. The maximum Gasteiger partial charge on any atom is 0.121 e. The molecule has 1 saturated carbocycles. The smallest absolute Gasteiger partial charge is 0.121 e. The normalized spacial score (nSPS) is 26.5. The number of nitrogens with zero attached hydrogens (tertiary/aromatic N) is 1. The zero-order valence-corrected chi connectivity index (χ0v) is 15.7. The van der Waals surface area contributed by atoms with Crippen LogP contribution in [0.2, 0.25) is 10.0 Å². The first kappa shape index (κ1) is 18.3. The van der Waals surface area contributed by atoms with Crippen LogP contribution in [0.15, 0.2) is 18.2 Å². The third-order valence-corrected chi connectivity index (χ3v) is 6.21. The molecule has 0 aromatic heterocycles. The maximum absolute atomic E-state index is 6.06. The van der Waals surface area contributed by atoms with Gasteiger partial charge in [-0.3, -0.25) is 0 Å². The Morgan fingerprint density at radius 3 is 2.38 bits per heavy atom. The molecule has 0 radical (unpaired) electrons. The van der Waals surface area contributed by atoms with E-state index in [1.807, 2.05) is 12.1 Å². The number of hydrogen-bond acceptors (Lipinski definition) is 3. The summed E-state index contributed by atoms with van der Waals surface area (Å²) in [7, 11) is 0. The molecule has 2 N–H and O–H groups in total. The van der Waals surface area contributed by atoms with Crippen LogP contribution in [0, 0.1) is 5.92 Å². The summed E-state index contributed by atoms with van der Waals surface area (Å²) in [5, 5.41) is 1.13. The first-order chi connectivity index (χ1) is 11.6. The molecule has 2 fully saturated rings. The molecule has 1 aromatic carbocycles. The van der Waals surface area contributed by atoms with Gasteiger partial charge in [-0.1, -0.05) is 23.2 Å². The maximum atomic E-state index is 6.06. The van der Waals surface area contributed by atoms with Crippen molar-refractivity contribution in [2.45, 2.75) is 57.1 Å². The number of ether oxygens (including phenoxy) is 1. The van der Waals surface area contributed by atoms with E-state index in [-0.39, 0.29) is 6.10 Å². The summed E-state index contributed by atoms with van der Waals surface area (Å²) in [4.78, 5) is 2.59. The molecule has 24 heavy (non-hydrogen) atoms. The van der Waals surface area contributed by atoms with Crippen molar-refractivity contribution in [2.24, 2.45) is 11.7 Å². The van der Waals surface area contributed by atoms with Gasteiger partial charge in [0.05, 0.1) is 10.0 Å². The van der Waals surface area contributed by atoms with Gasteiger partial charge in [-0.05, 0) is 69.5 Å². The molecular weight excluding hydrogens is 343 g/mol. The average molecular weight is 371 g/mol. The van der Waals surface area contributed by atoms with E-state index >= 15 is 0 Å². The third kappa shape index (κ3) is 5.26. The van der Waals surface area contributed by atoms with E-state index in [4.69, 9.17) is 33.7 Å². The molecule has 1 heterocycles. The molecule has 0 unspecified atom stereocenters. The van der Waals surface area contributed by atoms with Crippen LogP contribution in [0.4, 0.5) is 0 Å². The van der Waals surface area contributed by atoms with E-state index in [2.05, 4.69) is 4.90 Å². The van der Waals surface area contributed by atoms with Crippen molar-refractivity contribution in [3.8, 4) is 5.75 Å². The van der Waals surface area contributed by atoms with Gasteiger partial charge in [-0.2, -0.15) is 0 Å². The molecule has 1 aliphatic heterocycles. The molecule has 134 valence electrons. The molecule has 3 rings (SSSR count). The second-order valence-electron chi connectivity index (χ2n) is 7.30. The number of likely N-dealkylation sites (tertiary alicyclic amines) is 1. The highest BCUT2D eigenvalue weighted by Gasteiger charge is 2.23. The predicted octanol–water partition coefficient (Wildman–Crippen LogP) is 4.74. The number of piperidine rings is 1. The summed E-state index contributed by atoms with van der Waals surface area (Å²) in [5.41, 5.74) is 5.99. The van der Waals surface area contributed by atoms with Gasteiger partial charge in [0, 0.05) is 25.2 Å². The zero-order chi connectivity index (χ0) is 16.9. The van der Waals surface area contributed by atoms with Crippen LogP contribution in [-0.2, 0) is 0 Å². The van der Waals surface area contributed by atoms with E-state index in [1.54, 1.807) is 6.07 Å². The lowest BCUT2D eigenvalue weighted by Gasteiger charge is -2.34. The number of hydrogen-bond donors (Lipinski definition) is 1. The summed E-state index contributed by atoms with van der Waals surface area (Å²) in [5.74, 6) is 1.70. The Labute approximate surface area is 155 Å². The number of rotatable bonds is 5. The fourth-order valence-electron chi connectivity index (χ4n) is 3.84. The largest absolute Gasteiger partial charge is 0.490 e. The van der Waals surface area contributed by atoms with Crippen molar-refractivity contribution in [1.29, 1.82) is 0 Å². The van der Waals surface area contributed by atoms with Crippen LogP contribution in [0.25, 0.3) is 0 Å². The lowest BCUT2D eigenvalue weighted by Crippen LogP contribution is -2.39. The zero-order valence-electron chi connectivity index (χ0n) is 14.2. The van der Waals surface area contributed by atoms with Crippen molar-refractivity contribution >= 4 is 23.2 Å². The molecule has 2 aliphatic rings. The van der Waals surface area contributed by atoms with Crippen LogP contribution in [-0.4, -0.2) is 36.7 Å². The van der Waals surface area contributed by atoms with Gasteiger partial charge in [0.1, 0.15) is 11.9 Å². The monoisotopic (exact) mass is 370 g/mol. The molecule has 3 nitrogen and oxygen atoms in total. The minimum absolute atomic E-state index is 0.283. The summed E-state index contributed by atoms with van der Waals surface area (Å²) in [6, 6.07) is 5.96. The van der Waals surface area contributed by atoms with Crippen molar-refractivity contribution in [2.75, 3.05) is 19.6 Å². The standard InChI is InChI=1S/C19H28Cl2N2O/c20-18-6-5-17(13-19(18)21)24-16-8-11-23(12-9-16)10-7-14-1-3-15(22)4-2-14/h5-6,13-16H,1-4,7-12,22H2. The highest BCUT2D eigenvalue weighted by Crippen LogP contribution is 2.29. The van der Waals surface area contributed by atoms with E-state index in [0.717, 1.165) is 37.6 Å². The van der Waals surface area contributed by atoms with E-state index in [1.165, 1.54) is 38.6 Å². The van der Waals surface area contributed by atoms with Gasteiger partial charge in [-0.25, -0.2) is 0 Å². The molecule has 0 amide bonds. The summed E-state index contributed by atoms with van der Waals surface area (Å²) in [6.07, 6.45) is 8.83. The third-order valence-electron chi connectivity index (χ3n) is 5.47. The molecule has 0 atom stereocenters. The Bertz CT molecular complexity index is 524. The molecular formula is C19H28Cl2N2O. The second kappa shape index (κ2) is 8.75. The summed E-state index contributed by atoms with van der Waals surface area (Å²) < 4.78 is 6.06. The fraction of sp³-hybridized carbons (Fsp3) is 0.684. The van der Waals surface area contributed by atoms with Crippen molar-refractivity contribution in [1.82, 2.24) is 4.90 Å². The van der Waals surface area contributed by atoms with Gasteiger partial charge in [0.25, 0.3) is 0 Å². The summed E-state index contributed by atoms with van der Waals surface area (Å²) >= 11 is 12.0. The highest BCUT2D eigenvalue weighted by molar-refractivity contribution is 6.42. The van der Waals surface area contributed by atoms with Gasteiger partial charge in [-0.15, -0.1) is 0 Å². The topological polar surface area (TPSA) is 38.5 Å². The van der Waals surface area contributed by atoms with Gasteiger partial charge in [0.15, 0.2) is 0 Å². The SMILES string of the molecule is NC1CCC(CCN2CCC(Oc3ccc(Cl)c(Cl)c3)CC2)CC1. The minimum atomic E-state index is 0.283. The minimum Gasteiger partial charge on any atom is -0.490 e. The van der Waals surface area contributed by atoms with Crippen molar-refractivity contribution in [3.63, 3.8) is 0 Å². The molecule has 1 saturated heterocycles. The quantitative estimate of drug-likeness (QED) is 0.812. The van der Waals surface area contributed by atoms with Gasteiger partial charge < -0.3 is 15.4 Å². The number of halogens is 2. The lowest BCUT2D eigenvalue weighted by atomic mass is 9.84. The van der Waals surface area contributed by atoms with Crippen LogP contribution in [0.1, 0.15) is 44.9 Å². The first-order valence-electron chi connectivity index (χ1n) is 9.20. The highest BCUT2D eigenvalue weighted by atomic mass is 35.5. The van der Waals surface area contributed by atoms with E-state index in [0.29, 0.717) is 16.1 Å². The number of nitrogens with two attached hydrogens (primary N) is 1. The van der Waals surface area contributed by atoms with E-state index < -0.39 is 0 Å². The van der Waals surface area contributed by atoms with Crippen molar-refractivity contribution < 1.29 is 4.74 Å². The molecule has 1 aliphatic carbocycles. The average Bonchev–Trinajstić information content (AvgIpc) is 2.59. The molecule has 0 spiro atoms. The Morgan fingerprint density at radius 1 is 1.00 bits per heavy atom. The van der Waals surface area contributed by atoms with Crippen LogP contribution < -0.4 is 10.5 Å². The van der Waals surface area contributed by atoms with Crippen molar-refractivity contribution in [3.05, 3.63) is 28.2 Å². The summed E-state index contributed by atoms with van der Waals surface area (Å²) in [6.45, 7) is 3.47. The fourth-order valence-corrected chi connectivity index (χ4v) is 4.12. The second-order valence-corrected chi connectivity index (χ2v) is 8.12. The van der Waals surface area contributed by atoms with Gasteiger partial charge in [0.2, 0.25) is 0 Å². The van der Waals surface area contributed by atoms with Crippen LogP contribution in [0.5, 0.6) is 5.75 Å². The van der Waals surface area contributed by atoms with Crippen LogP contribution >= 0.6 is 23.2 Å². The molecule has 1 aromatic rings. The lowest BCUT2D eigenvalue weighted by molar-refractivity contribution is 0.0953. The molecule has 5 heteroatoms. The first-order valence-corrected chi connectivity index (χ1v) is 9.95. The van der Waals surface area contributed by atoms with Crippen LogP contribution in [0.3, 0.4) is 0 Å². The Hall–Kier alpha value is -0.480. The van der Waals surface area contributed by atoms with Gasteiger partial charge >= 0.3 is 0 Å². The predicted molar refractivity (Wildman–Crippen MR) is 101 cm³/mol. The van der Waals surface area contributed by atoms with E-state index in [9.17, 15) is 0 Å². The molecule has 0 bridgehead atoms. The Morgan fingerprint density at radius 2 is 1.71 bits per heavy atom. The Balaban J connectivity index is 1.37. The number of benzene rings is 1.